The molecule has 2 aliphatic rings. The van der Waals surface area contributed by atoms with E-state index in [9.17, 15) is 0 Å². The number of anilines is 2. The standard InChI is InChI=1S/C54H36N2/c1-3-19-38(20-4-1)55-50-33-37(42-27-13-17-35-15-7-9-23-40(35)42)29-30-45(50)47-31-32-48-52-46-26-12-11-25-44(46)49(43-28-14-18-36-16-8-10-24-41(36)43)34-51(52)56(54(48)53(47)55)39-21-5-2-6-22-39/h1-34,45,50H. The van der Waals surface area contributed by atoms with Crippen LogP contribution in [0, 0.1) is 0 Å². The first-order valence-corrected chi connectivity index (χ1v) is 19.6. The normalized spacial score (nSPS) is 16.2. The molecule has 9 aromatic carbocycles. The van der Waals surface area contributed by atoms with Crippen molar-refractivity contribution < 1.29 is 0 Å². The Bertz CT molecular complexity index is 3250. The van der Waals surface area contributed by atoms with E-state index in [2.05, 4.69) is 216 Å². The Balaban J connectivity index is 1.19. The summed E-state index contributed by atoms with van der Waals surface area (Å²) >= 11 is 0. The zero-order valence-electron chi connectivity index (χ0n) is 30.7. The van der Waals surface area contributed by atoms with Crippen LogP contribution in [0.4, 0.5) is 11.4 Å². The van der Waals surface area contributed by atoms with Gasteiger partial charge >= 0.3 is 0 Å². The summed E-state index contributed by atoms with van der Waals surface area (Å²) in [6.07, 6.45) is 7.34. The lowest BCUT2D eigenvalue weighted by molar-refractivity contribution is 0.747. The topological polar surface area (TPSA) is 8.17 Å². The molecule has 56 heavy (non-hydrogen) atoms. The highest BCUT2D eigenvalue weighted by molar-refractivity contribution is 6.27. The van der Waals surface area contributed by atoms with Crippen LogP contribution in [0.15, 0.2) is 206 Å². The SMILES string of the molecule is C1=CC2c3ccc4c5c6ccccc6c(-c6cccc7ccccc67)cc5n(-c5ccccc5)c4c3N(c3ccccc3)C2C=C1c1cccc2ccccc12. The van der Waals surface area contributed by atoms with Gasteiger partial charge in [0.1, 0.15) is 0 Å². The average molecular weight is 713 g/mol. The Morgan fingerprint density at radius 2 is 1.02 bits per heavy atom. The second-order valence-corrected chi connectivity index (χ2v) is 15.2. The maximum absolute atomic E-state index is 2.63. The zero-order valence-corrected chi connectivity index (χ0v) is 30.7. The fraction of sp³-hybridized carbons (Fsp3) is 0.0370. The van der Waals surface area contributed by atoms with Gasteiger partial charge in [0.25, 0.3) is 0 Å². The molecule has 0 saturated heterocycles. The summed E-state index contributed by atoms with van der Waals surface area (Å²) in [7, 11) is 0. The molecule has 2 nitrogen and oxygen atoms in total. The third-order valence-corrected chi connectivity index (χ3v) is 12.3. The van der Waals surface area contributed by atoms with Crippen molar-refractivity contribution in [3.05, 3.63) is 217 Å². The molecule has 0 fully saturated rings. The third-order valence-electron chi connectivity index (χ3n) is 12.3. The quantitative estimate of drug-likeness (QED) is 0.176. The molecule has 2 heterocycles. The van der Waals surface area contributed by atoms with Gasteiger partial charge in [-0.1, -0.05) is 176 Å². The summed E-state index contributed by atoms with van der Waals surface area (Å²) < 4.78 is 2.55. The summed E-state index contributed by atoms with van der Waals surface area (Å²) in [5, 5.41) is 10.2. The fourth-order valence-corrected chi connectivity index (χ4v) is 9.90. The molecule has 262 valence electrons. The first-order chi connectivity index (χ1) is 27.8. The number of fused-ring (bicyclic) bond motifs is 11. The number of aromatic nitrogens is 1. The van der Waals surface area contributed by atoms with Gasteiger partial charge in [-0.25, -0.2) is 0 Å². The van der Waals surface area contributed by atoms with Crippen molar-refractivity contribution in [2.75, 3.05) is 4.90 Å². The highest BCUT2D eigenvalue weighted by Gasteiger charge is 2.41. The zero-order chi connectivity index (χ0) is 36.7. The third kappa shape index (κ3) is 4.50. The van der Waals surface area contributed by atoms with Crippen molar-refractivity contribution in [3.63, 3.8) is 0 Å². The minimum absolute atomic E-state index is 0.0993. The van der Waals surface area contributed by atoms with Crippen molar-refractivity contribution in [2.24, 2.45) is 0 Å². The molecular weight excluding hydrogens is 677 g/mol. The van der Waals surface area contributed by atoms with E-state index in [0.29, 0.717) is 0 Å². The molecule has 0 amide bonds. The molecule has 12 rings (SSSR count). The first-order valence-electron chi connectivity index (χ1n) is 19.6. The van der Waals surface area contributed by atoms with Crippen molar-refractivity contribution >= 4 is 71.1 Å². The molecule has 2 atom stereocenters. The van der Waals surface area contributed by atoms with Gasteiger partial charge in [-0.3, -0.25) is 0 Å². The van der Waals surface area contributed by atoms with Crippen LogP contribution in [-0.2, 0) is 0 Å². The highest BCUT2D eigenvalue weighted by atomic mass is 15.2. The van der Waals surface area contributed by atoms with Crippen LogP contribution in [-0.4, -0.2) is 10.6 Å². The van der Waals surface area contributed by atoms with Crippen LogP contribution >= 0.6 is 0 Å². The molecule has 0 saturated carbocycles. The monoisotopic (exact) mass is 712 g/mol. The van der Waals surface area contributed by atoms with Gasteiger partial charge in [-0.05, 0) is 90.5 Å². The van der Waals surface area contributed by atoms with Gasteiger partial charge < -0.3 is 9.47 Å². The van der Waals surface area contributed by atoms with Gasteiger partial charge in [0.05, 0.1) is 22.8 Å². The van der Waals surface area contributed by atoms with Gasteiger partial charge in [0, 0.05) is 28.1 Å². The van der Waals surface area contributed by atoms with E-state index in [1.165, 1.54) is 93.3 Å². The van der Waals surface area contributed by atoms with Gasteiger partial charge in [0.15, 0.2) is 0 Å². The maximum Gasteiger partial charge on any atom is 0.0782 e. The number of allylic oxidation sites excluding steroid dienone is 2. The molecule has 10 aromatic rings. The lowest BCUT2D eigenvalue weighted by atomic mass is 9.85. The van der Waals surface area contributed by atoms with Crippen LogP contribution in [0.25, 0.3) is 76.5 Å². The number of benzene rings is 9. The van der Waals surface area contributed by atoms with E-state index in [4.69, 9.17) is 0 Å². The van der Waals surface area contributed by atoms with Crippen molar-refractivity contribution in [1.29, 1.82) is 0 Å². The smallest absolute Gasteiger partial charge is 0.0782 e. The number of hydrogen-bond acceptors (Lipinski definition) is 1. The lowest BCUT2D eigenvalue weighted by Crippen LogP contribution is -2.29. The second kappa shape index (κ2) is 12.2. The number of rotatable bonds is 4. The Kier molecular flexibility index (Phi) is 6.79. The summed E-state index contributed by atoms with van der Waals surface area (Å²) in [6, 6.07) is 69.3. The molecule has 0 spiro atoms. The molecule has 2 unspecified atom stereocenters. The molecule has 0 radical (unpaired) electrons. The molecular formula is C54H36N2. The number of nitrogens with zero attached hydrogens (tertiary/aromatic N) is 2. The molecule has 2 heteroatoms. The average Bonchev–Trinajstić information content (AvgIpc) is 3.79. The van der Waals surface area contributed by atoms with Crippen LogP contribution in [0.2, 0.25) is 0 Å². The summed E-state index contributed by atoms with van der Waals surface area (Å²) in [4.78, 5) is 2.63. The van der Waals surface area contributed by atoms with Crippen LogP contribution in [0.5, 0.6) is 0 Å². The van der Waals surface area contributed by atoms with Crippen molar-refractivity contribution in [1.82, 2.24) is 4.57 Å². The van der Waals surface area contributed by atoms with Gasteiger partial charge in [0.2, 0.25) is 0 Å². The predicted molar refractivity (Wildman–Crippen MR) is 237 cm³/mol. The fourth-order valence-electron chi connectivity index (χ4n) is 9.90. The second-order valence-electron chi connectivity index (χ2n) is 15.2. The first kappa shape index (κ1) is 31.2. The Morgan fingerprint density at radius 3 is 1.75 bits per heavy atom. The van der Waals surface area contributed by atoms with E-state index < -0.39 is 0 Å². The van der Waals surface area contributed by atoms with Crippen molar-refractivity contribution in [2.45, 2.75) is 12.0 Å². The molecule has 0 N–H and O–H groups in total. The summed E-state index contributed by atoms with van der Waals surface area (Å²) in [5.74, 6) is 0.193. The van der Waals surface area contributed by atoms with Crippen LogP contribution in [0.1, 0.15) is 17.0 Å². The molecule has 1 aliphatic carbocycles. The maximum atomic E-state index is 2.63. The van der Waals surface area contributed by atoms with E-state index in [1.54, 1.807) is 0 Å². The van der Waals surface area contributed by atoms with Crippen LogP contribution in [0.3, 0.4) is 0 Å². The van der Waals surface area contributed by atoms with Crippen LogP contribution < -0.4 is 4.90 Å². The Morgan fingerprint density at radius 1 is 0.429 bits per heavy atom. The van der Waals surface area contributed by atoms with E-state index in [1.807, 2.05) is 0 Å². The van der Waals surface area contributed by atoms with E-state index >= 15 is 0 Å². The summed E-state index contributed by atoms with van der Waals surface area (Å²) in [6.45, 7) is 0. The Labute approximate surface area is 325 Å². The van der Waals surface area contributed by atoms with Crippen molar-refractivity contribution in [3.8, 4) is 16.8 Å². The summed E-state index contributed by atoms with van der Waals surface area (Å²) in [5.41, 5.74) is 12.5. The number of hydrogen-bond donors (Lipinski definition) is 0. The van der Waals surface area contributed by atoms with E-state index in [0.717, 1.165) is 5.69 Å². The minimum atomic E-state index is 0.0993. The van der Waals surface area contributed by atoms with Gasteiger partial charge in [-0.15, -0.1) is 0 Å². The predicted octanol–water partition coefficient (Wildman–Crippen LogP) is 14.2. The largest absolute Gasteiger partial charge is 0.332 e. The van der Waals surface area contributed by atoms with E-state index in [-0.39, 0.29) is 12.0 Å². The molecule has 0 bridgehead atoms. The number of para-hydroxylation sites is 2. The molecule has 1 aromatic heterocycles. The Hall–Kier alpha value is -7.16. The van der Waals surface area contributed by atoms with Gasteiger partial charge in [-0.2, -0.15) is 0 Å². The molecule has 1 aliphatic heterocycles. The minimum Gasteiger partial charge on any atom is -0.332 e. The lowest BCUT2D eigenvalue weighted by Gasteiger charge is -2.30. The highest BCUT2D eigenvalue weighted by Crippen LogP contribution is 2.55.